The van der Waals surface area contributed by atoms with Crippen LogP contribution in [0.1, 0.15) is 33.3 Å². The average molecular weight is 417 g/mol. The lowest BCUT2D eigenvalue weighted by atomic mass is 10.2. The molecule has 1 aromatic carbocycles. The lowest BCUT2D eigenvalue weighted by Crippen LogP contribution is -2.27. The maximum Gasteiger partial charge on any atom is 0.332 e. The third-order valence-electron chi connectivity index (χ3n) is 3.25. The largest absolute Gasteiger partial charge is 0.458 e. The molecule has 0 aliphatic rings. The Morgan fingerprint density at radius 2 is 1.68 bits per heavy atom. The van der Waals surface area contributed by atoms with Crippen molar-refractivity contribution in [2.45, 2.75) is 51.2 Å². The Hall–Kier alpha value is -1.32. The smallest absolute Gasteiger partial charge is 0.332 e. The fraction of sp³-hybridized carbons (Fsp3) is 0.650. The summed E-state index contributed by atoms with van der Waals surface area (Å²) in [6.45, 7) is 10.7. The highest BCUT2D eigenvalue weighted by Gasteiger charge is 2.16. The van der Waals surface area contributed by atoms with E-state index in [1.807, 2.05) is 26.0 Å². The van der Waals surface area contributed by atoms with Crippen LogP contribution in [0.2, 0.25) is 0 Å². The number of aryl methyl sites for hydroxylation is 1. The predicted molar refractivity (Wildman–Crippen MR) is 106 cm³/mol. The second kappa shape index (κ2) is 13.0. The molecule has 0 aliphatic heterocycles. The van der Waals surface area contributed by atoms with Gasteiger partial charge in [-0.15, -0.1) is 0 Å². The van der Waals surface area contributed by atoms with Gasteiger partial charge in [-0.1, -0.05) is 17.7 Å². The summed E-state index contributed by atoms with van der Waals surface area (Å²) in [5.41, 5.74) is 0.591. The van der Waals surface area contributed by atoms with E-state index in [0.717, 1.165) is 5.56 Å². The van der Waals surface area contributed by atoms with E-state index in [4.69, 9.17) is 23.1 Å². The van der Waals surface area contributed by atoms with E-state index >= 15 is 0 Å². The molecule has 8 heteroatoms. The van der Waals surface area contributed by atoms with E-state index in [0.29, 0.717) is 31.3 Å². The van der Waals surface area contributed by atoms with Gasteiger partial charge in [0.05, 0.1) is 44.0 Å². The Balaban J connectivity index is 2.01. The fourth-order valence-electron chi connectivity index (χ4n) is 2.02. The van der Waals surface area contributed by atoms with Gasteiger partial charge in [-0.2, -0.15) is 0 Å². The predicted octanol–water partition coefficient (Wildman–Crippen LogP) is 2.81. The van der Waals surface area contributed by atoms with Crippen molar-refractivity contribution < 1.29 is 32.1 Å². The molecule has 160 valence electrons. The maximum atomic E-state index is 12.0. The van der Waals surface area contributed by atoms with Gasteiger partial charge in [0, 0.05) is 0 Å². The second-order valence-corrected chi connectivity index (χ2v) is 8.44. The number of ether oxygens (including phenoxy) is 4. The van der Waals surface area contributed by atoms with Crippen molar-refractivity contribution in [3.63, 3.8) is 0 Å². The summed E-state index contributed by atoms with van der Waals surface area (Å²) in [5, 5.41) is 0. The molecule has 0 heterocycles. The van der Waals surface area contributed by atoms with Gasteiger partial charge in [0.25, 0.3) is 0 Å². The molecule has 1 rings (SSSR count). The summed E-state index contributed by atoms with van der Waals surface area (Å²) in [5.74, 6) is -0.396. The number of hydrogen-bond donors (Lipinski definition) is 0. The van der Waals surface area contributed by atoms with Gasteiger partial charge in [-0.3, -0.25) is 4.18 Å². The van der Waals surface area contributed by atoms with Gasteiger partial charge in [0.15, 0.2) is 11.1 Å². The Labute approximate surface area is 170 Å². The molecule has 1 aromatic rings. The van der Waals surface area contributed by atoms with Crippen LogP contribution in [0.25, 0.3) is 0 Å². The number of benzene rings is 1. The number of carbonyl (C=O) groups is 1. The molecule has 0 aromatic heterocycles. The van der Waals surface area contributed by atoms with Gasteiger partial charge in [0.2, 0.25) is 0 Å². The third-order valence-corrected chi connectivity index (χ3v) is 4.29. The van der Waals surface area contributed by atoms with Crippen molar-refractivity contribution in [1.82, 2.24) is 0 Å². The molecular weight excluding hydrogens is 384 g/mol. The first-order valence-electron chi connectivity index (χ1n) is 9.28. The highest BCUT2D eigenvalue weighted by Crippen LogP contribution is 2.09. The fourth-order valence-corrected chi connectivity index (χ4v) is 2.73. The third kappa shape index (κ3) is 12.2. The second-order valence-electron chi connectivity index (χ2n) is 7.27. The Morgan fingerprint density at radius 1 is 1.04 bits per heavy atom. The zero-order valence-electron chi connectivity index (χ0n) is 17.4. The summed E-state index contributed by atoms with van der Waals surface area (Å²) in [6, 6.07) is 7.36. The van der Waals surface area contributed by atoms with Crippen molar-refractivity contribution in [2.24, 2.45) is 0 Å². The molecule has 2 unspecified atom stereocenters. The number of carbonyl (C=O) groups excluding carboxylic acids is 1. The summed E-state index contributed by atoms with van der Waals surface area (Å²) in [6.07, 6.45) is -0.137. The minimum atomic E-state index is -1.49. The quantitative estimate of drug-likeness (QED) is 0.361. The molecule has 28 heavy (non-hydrogen) atoms. The van der Waals surface area contributed by atoms with Crippen LogP contribution in [0.5, 0.6) is 0 Å². The summed E-state index contributed by atoms with van der Waals surface area (Å²) >= 11 is -1.49. The monoisotopic (exact) mass is 416 g/mol. The molecule has 0 saturated heterocycles. The molecule has 0 radical (unpaired) electrons. The lowest BCUT2D eigenvalue weighted by Gasteiger charge is -2.19. The van der Waals surface area contributed by atoms with Crippen molar-refractivity contribution in [3.8, 4) is 0 Å². The molecule has 0 saturated carbocycles. The Kier molecular flexibility index (Phi) is 11.5. The maximum absolute atomic E-state index is 12.0. The lowest BCUT2D eigenvalue weighted by molar-refractivity contribution is -0.160. The minimum Gasteiger partial charge on any atom is -0.458 e. The molecule has 0 spiro atoms. The van der Waals surface area contributed by atoms with Crippen LogP contribution in [0.15, 0.2) is 29.2 Å². The molecule has 0 bridgehead atoms. The van der Waals surface area contributed by atoms with Crippen molar-refractivity contribution in [3.05, 3.63) is 29.8 Å². The van der Waals surface area contributed by atoms with Crippen LogP contribution in [0, 0.1) is 6.92 Å². The van der Waals surface area contributed by atoms with E-state index in [1.54, 1.807) is 32.9 Å². The van der Waals surface area contributed by atoms with Gasteiger partial charge < -0.3 is 18.9 Å². The summed E-state index contributed by atoms with van der Waals surface area (Å²) in [7, 11) is 0. The topological polar surface area (TPSA) is 80.3 Å². The van der Waals surface area contributed by atoms with E-state index in [2.05, 4.69) is 0 Å². The molecular formula is C20H32O7S. The van der Waals surface area contributed by atoms with Crippen LogP contribution in [0.4, 0.5) is 0 Å². The van der Waals surface area contributed by atoms with Crippen LogP contribution in [0.3, 0.4) is 0 Å². The highest BCUT2D eigenvalue weighted by molar-refractivity contribution is 7.80. The van der Waals surface area contributed by atoms with Crippen LogP contribution < -0.4 is 0 Å². The molecule has 0 amide bonds. The van der Waals surface area contributed by atoms with Gasteiger partial charge in [-0.25, -0.2) is 9.00 Å². The SMILES string of the molecule is Cc1ccc(S(=O)OCCOC(C)COCCOCC(=O)OC(C)(C)C)cc1. The number of esters is 1. The van der Waals surface area contributed by atoms with Crippen molar-refractivity contribution in [2.75, 3.05) is 39.6 Å². The summed E-state index contributed by atoms with van der Waals surface area (Å²) < 4.78 is 38.5. The number of hydrogen-bond acceptors (Lipinski definition) is 7. The highest BCUT2D eigenvalue weighted by atomic mass is 32.2. The first-order valence-corrected chi connectivity index (χ1v) is 10.4. The number of rotatable bonds is 13. The molecule has 0 N–H and O–H groups in total. The first kappa shape index (κ1) is 24.7. The van der Waals surface area contributed by atoms with Crippen LogP contribution >= 0.6 is 0 Å². The van der Waals surface area contributed by atoms with Crippen molar-refractivity contribution >= 4 is 17.0 Å². The van der Waals surface area contributed by atoms with Gasteiger partial charge in [-0.05, 0) is 46.8 Å². The average Bonchev–Trinajstić information content (AvgIpc) is 2.60. The van der Waals surface area contributed by atoms with E-state index < -0.39 is 22.7 Å². The van der Waals surface area contributed by atoms with Crippen LogP contribution in [-0.4, -0.2) is 61.5 Å². The van der Waals surface area contributed by atoms with Crippen LogP contribution in [-0.2, 0) is 39.0 Å². The Morgan fingerprint density at radius 3 is 2.32 bits per heavy atom. The zero-order valence-corrected chi connectivity index (χ0v) is 18.2. The van der Waals surface area contributed by atoms with Crippen molar-refractivity contribution in [1.29, 1.82) is 0 Å². The molecule has 0 fully saturated rings. The molecule has 2 atom stereocenters. The molecule has 7 nitrogen and oxygen atoms in total. The van der Waals surface area contributed by atoms with E-state index in [-0.39, 0.29) is 19.3 Å². The van der Waals surface area contributed by atoms with E-state index in [1.165, 1.54) is 0 Å². The standard InChI is InChI=1S/C20H32O7S/c1-16-6-8-18(9-7-16)28(22)26-13-12-25-17(2)14-23-10-11-24-15-19(21)27-20(3,4)5/h6-9,17H,10-15H2,1-5H3. The van der Waals surface area contributed by atoms with Gasteiger partial charge in [0.1, 0.15) is 12.2 Å². The normalized spacial score (nSPS) is 13.9. The minimum absolute atomic E-state index is 0.0951. The first-order chi connectivity index (χ1) is 13.2. The molecule has 0 aliphatic carbocycles. The Bertz CT molecular complexity index is 596. The summed E-state index contributed by atoms with van der Waals surface area (Å²) in [4.78, 5) is 12.1. The zero-order chi connectivity index (χ0) is 21.0. The van der Waals surface area contributed by atoms with Gasteiger partial charge >= 0.3 is 5.97 Å². The van der Waals surface area contributed by atoms with E-state index in [9.17, 15) is 9.00 Å².